The summed E-state index contributed by atoms with van der Waals surface area (Å²) in [6.45, 7) is 4.26. The summed E-state index contributed by atoms with van der Waals surface area (Å²) in [6.07, 6.45) is 5.24. The zero-order chi connectivity index (χ0) is 14.3. The number of amides is 1. The lowest BCUT2D eigenvalue weighted by molar-refractivity contribution is -0.123. The molecule has 2 aliphatic rings. The molecular weight excluding hydrogens is 252 g/mol. The van der Waals surface area contributed by atoms with Gasteiger partial charge in [-0.2, -0.15) is 0 Å². The Morgan fingerprint density at radius 2 is 1.95 bits per heavy atom. The predicted octanol–water partition coefficient (Wildman–Crippen LogP) is 3.26. The van der Waals surface area contributed by atoms with E-state index in [1.807, 2.05) is 6.07 Å². The third kappa shape index (κ3) is 1.86. The van der Waals surface area contributed by atoms with Crippen molar-refractivity contribution in [2.24, 2.45) is 0 Å². The average molecular weight is 274 g/mol. The number of hydrogen-bond acceptors (Lipinski definition) is 3. The van der Waals surface area contributed by atoms with E-state index >= 15 is 0 Å². The van der Waals surface area contributed by atoms with Gasteiger partial charge in [-0.1, -0.05) is 19.3 Å². The van der Waals surface area contributed by atoms with Crippen molar-refractivity contribution in [2.75, 3.05) is 10.2 Å². The van der Waals surface area contributed by atoms with E-state index in [1.165, 1.54) is 6.42 Å². The van der Waals surface area contributed by atoms with Gasteiger partial charge in [0.15, 0.2) is 0 Å². The number of hydrogen-bond donors (Lipinski definition) is 2. The normalized spacial score (nSPS) is 20.9. The molecule has 20 heavy (non-hydrogen) atoms. The standard InChI is InChI=1S/C16H22N2O2/c1-11(2)18-14-7-6-12(19)10-13(14)17-15(20)16(18)8-4-3-5-9-16/h6-7,10-11,19H,3-5,8-9H2,1-2H3,(H,17,20). The van der Waals surface area contributed by atoms with Gasteiger partial charge in [0, 0.05) is 12.1 Å². The van der Waals surface area contributed by atoms with Crippen LogP contribution in [0.5, 0.6) is 5.75 Å². The predicted molar refractivity (Wildman–Crippen MR) is 80.2 cm³/mol. The number of fused-ring (bicyclic) bond motifs is 1. The molecule has 1 heterocycles. The number of benzene rings is 1. The minimum Gasteiger partial charge on any atom is -0.508 e. The molecule has 1 aromatic carbocycles. The Kier molecular flexibility index (Phi) is 3.11. The van der Waals surface area contributed by atoms with Crippen LogP contribution < -0.4 is 10.2 Å². The number of carbonyl (C=O) groups is 1. The first-order valence-corrected chi connectivity index (χ1v) is 7.48. The first-order valence-electron chi connectivity index (χ1n) is 7.48. The summed E-state index contributed by atoms with van der Waals surface area (Å²) in [5, 5.41) is 12.6. The van der Waals surface area contributed by atoms with Crippen LogP contribution in [0.25, 0.3) is 0 Å². The summed E-state index contributed by atoms with van der Waals surface area (Å²) in [6, 6.07) is 5.50. The number of anilines is 2. The van der Waals surface area contributed by atoms with E-state index in [0.717, 1.165) is 37.1 Å². The fourth-order valence-corrected chi connectivity index (χ4v) is 3.79. The molecule has 3 rings (SSSR count). The van der Waals surface area contributed by atoms with Crippen molar-refractivity contribution >= 4 is 17.3 Å². The van der Waals surface area contributed by atoms with E-state index in [9.17, 15) is 9.90 Å². The van der Waals surface area contributed by atoms with Gasteiger partial charge in [-0.05, 0) is 38.8 Å². The Balaban J connectivity index is 2.12. The molecule has 0 atom stereocenters. The second kappa shape index (κ2) is 4.69. The van der Waals surface area contributed by atoms with E-state index in [4.69, 9.17) is 0 Å². The van der Waals surface area contributed by atoms with Gasteiger partial charge in [0.05, 0.1) is 11.4 Å². The number of nitrogens with zero attached hydrogens (tertiary/aromatic N) is 1. The largest absolute Gasteiger partial charge is 0.508 e. The first kappa shape index (κ1) is 13.3. The molecule has 0 radical (unpaired) electrons. The summed E-state index contributed by atoms with van der Waals surface area (Å²) in [7, 11) is 0. The van der Waals surface area contributed by atoms with Crippen LogP contribution in [-0.4, -0.2) is 22.6 Å². The molecule has 1 amide bonds. The lowest BCUT2D eigenvalue weighted by Crippen LogP contribution is -2.63. The third-order valence-corrected chi connectivity index (χ3v) is 4.57. The maximum absolute atomic E-state index is 12.7. The highest BCUT2D eigenvalue weighted by atomic mass is 16.3. The quantitative estimate of drug-likeness (QED) is 0.826. The summed E-state index contributed by atoms with van der Waals surface area (Å²) < 4.78 is 0. The topological polar surface area (TPSA) is 52.6 Å². The van der Waals surface area contributed by atoms with Crippen LogP contribution in [0.15, 0.2) is 18.2 Å². The second-order valence-electron chi connectivity index (χ2n) is 6.21. The van der Waals surface area contributed by atoms with Gasteiger partial charge >= 0.3 is 0 Å². The van der Waals surface area contributed by atoms with Crippen LogP contribution in [0.3, 0.4) is 0 Å². The highest BCUT2D eigenvalue weighted by Crippen LogP contribution is 2.46. The van der Waals surface area contributed by atoms with Gasteiger partial charge in [0.1, 0.15) is 11.3 Å². The van der Waals surface area contributed by atoms with Crippen LogP contribution >= 0.6 is 0 Å². The summed E-state index contributed by atoms with van der Waals surface area (Å²) >= 11 is 0. The number of phenolic OH excluding ortho intramolecular Hbond substituents is 1. The fourth-order valence-electron chi connectivity index (χ4n) is 3.79. The van der Waals surface area contributed by atoms with Gasteiger partial charge in [0.2, 0.25) is 5.91 Å². The Labute approximate surface area is 119 Å². The van der Waals surface area contributed by atoms with Crippen LogP contribution in [-0.2, 0) is 4.79 Å². The van der Waals surface area contributed by atoms with E-state index in [1.54, 1.807) is 12.1 Å². The monoisotopic (exact) mass is 274 g/mol. The molecule has 1 saturated carbocycles. The Hall–Kier alpha value is -1.71. The van der Waals surface area contributed by atoms with Crippen molar-refractivity contribution in [3.8, 4) is 5.75 Å². The molecule has 1 aromatic rings. The van der Waals surface area contributed by atoms with Gasteiger partial charge in [-0.3, -0.25) is 4.79 Å². The van der Waals surface area contributed by atoms with E-state index in [2.05, 4.69) is 24.1 Å². The van der Waals surface area contributed by atoms with Crippen LogP contribution in [0.1, 0.15) is 46.0 Å². The van der Waals surface area contributed by atoms with Gasteiger partial charge in [-0.15, -0.1) is 0 Å². The Morgan fingerprint density at radius 3 is 2.60 bits per heavy atom. The zero-order valence-corrected chi connectivity index (χ0v) is 12.1. The lowest BCUT2D eigenvalue weighted by Gasteiger charge is -2.51. The highest BCUT2D eigenvalue weighted by Gasteiger charge is 2.49. The molecule has 1 fully saturated rings. The molecular formula is C16H22N2O2. The zero-order valence-electron chi connectivity index (χ0n) is 12.1. The van der Waals surface area contributed by atoms with Crippen LogP contribution in [0.4, 0.5) is 11.4 Å². The van der Waals surface area contributed by atoms with Gasteiger partial charge in [-0.25, -0.2) is 0 Å². The summed E-state index contributed by atoms with van der Waals surface area (Å²) in [5.74, 6) is 0.274. The second-order valence-corrected chi connectivity index (χ2v) is 6.21. The molecule has 0 bridgehead atoms. The van der Waals surface area contributed by atoms with Crippen molar-refractivity contribution in [2.45, 2.75) is 57.5 Å². The molecule has 0 aromatic heterocycles. The fraction of sp³-hybridized carbons (Fsp3) is 0.562. The van der Waals surface area contributed by atoms with Crippen molar-refractivity contribution in [3.63, 3.8) is 0 Å². The SMILES string of the molecule is CC(C)N1c2ccc(O)cc2NC(=O)C12CCCCC2. The number of rotatable bonds is 1. The lowest BCUT2D eigenvalue weighted by atomic mass is 9.77. The smallest absolute Gasteiger partial charge is 0.250 e. The summed E-state index contributed by atoms with van der Waals surface area (Å²) in [5.41, 5.74) is 1.34. The van der Waals surface area contributed by atoms with Crippen molar-refractivity contribution < 1.29 is 9.90 Å². The molecule has 108 valence electrons. The van der Waals surface area contributed by atoms with Crippen molar-refractivity contribution in [1.29, 1.82) is 0 Å². The van der Waals surface area contributed by atoms with E-state index < -0.39 is 5.54 Å². The van der Waals surface area contributed by atoms with E-state index in [0.29, 0.717) is 0 Å². The number of carbonyl (C=O) groups excluding carboxylic acids is 1. The summed E-state index contributed by atoms with van der Waals surface area (Å²) in [4.78, 5) is 15.0. The number of phenols is 1. The van der Waals surface area contributed by atoms with Crippen molar-refractivity contribution in [1.82, 2.24) is 0 Å². The minimum atomic E-state index is -0.406. The van der Waals surface area contributed by atoms with E-state index in [-0.39, 0.29) is 17.7 Å². The molecule has 4 heteroatoms. The Morgan fingerprint density at radius 1 is 1.25 bits per heavy atom. The maximum Gasteiger partial charge on any atom is 0.250 e. The van der Waals surface area contributed by atoms with Gasteiger partial charge in [0.25, 0.3) is 0 Å². The highest BCUT2D eigenvalue weighted by molar-refractivity contribution is 6.07. The van der Waals surface area contributed by atoms with Crippen LogP contribution in [0, 0.1) is 0 Å². The van der Waals surface area contributed by atoms with Gasteiger partial charge < -0.3 is 15.3 Å². The molecule has 1 aliphatic heterocycles. The molecule has 2 N–H and O–H groups in total. The average Bonchev–Trinajstić information content (AvgIpc) is 2.41. The molecule has 0 unspecified atom stereocenters. The molecule has 1 spiro atoms. The molecule has 1 aliphatic carbocycles. The van der Waals surface area contributed by atoms with Crippen molar-refractivity contribution in [3.05, 3.63) is 18.2 Å². The maximum atomic E-state index is 12.7. The minimum absolute atomic E-state index is 0.0870. The number of nitrogens with one attached hydrogen (secondary N) is 1. The molecule has 4 nitrogen and oxygen atoms in total. The number of aromatic hydroxyl groups is 1. The third-order valence-electron chi connectivity index (χ3n) is 4.57. The first-order chi connectivity index (χ1) is 9.54. The van der Waals surface area contributed by atoms with Crippen LogP contribution in [0.2, 0.25) is 0 Å². The Bertz CT molecular complexity index is 533. The molecule has 0 saturated heterocycles.